The summed E-state index contributed by atoms with van der Waals surface area (Å²) in [5.74, 6) is -0.109. The first-order valence-electron chi connectivity index (χ1n) is 7.52. The minimum Gasteiger partial charge on any atom is -0.312 e. The third kappa shape index (κ3) is 3.49. The molecular weight excluding hydrogens is 263 g/mol. The van der Waals surface area contributed by atoms with Crippen molar-refractivity contribution in [1.82, 2.24) is 10.2 Å². The van der Waals surface area contributed by atoms with Crippen LogP contribution in [0.15, 0.2) is 48.5 Å². The van der Waals surface area contributed by atoms with Gasteiger partial charge in [-0.1, -0.05) is 42.5 Å². The lowest BCUT2D eigenvalue weighted by Gasteiger charge is -2.31. The molecule has 0 amide bonds. The highest BCUT2D eigenvalue weighted by Gasteiger charge is 2.17. The first-order valence-corrected chi connectivity index (χ1v) is 7.52. The second-order valence-electron chi connectivity index (χ2n) is 5.76. The van der Waals surface area contributed by atoms with Crippen molar-refractivity contribution in [1.29, 1.82) is 0 Å². The van der Waals surface area contributed by atoms with Crippen molar-refractivity contribution in [2.75, 3.05) is 19.6 Å². The SMILES string of the molecule is C[C@@H]1CN(Cc2ccc(-c3ccccc3)cc2F)CCN1. The molecular formula is C18H21FN2. The van der Waals surface area contributed by atoms with E-state index in [9.17, 15) is 4.39 Å². The van der Waals surface area contributed by atoms with Crippen LogP contribution in [0.25, 0.3) is 11.1 Å². The van der Waals surface area contributed by atoms with Crippen molar-refractivity contribution in [3.63, 3.8) is 0 Å². The lowest BCUT2D eigenvalue weighted by molar-refractivity contribution is 0.197. The molecule has 0 bridgehead atoms. The summed E-state index contributed by atoms with van der Waals surface area (Å²) in [7, 11) is 0. The Morgan fingerprint density at radius 2 is 1.95 bits per heavy atom. The molecule has 0 aromatic heterocycles. The van der Waals surface area contributed by atoms with E-state index in [1.165, 1.54) is 0 Å². The van der Waals surface area contributed by atoms with Gasteiger partial charge in [-0.25, -0.2) is 4.39 Å². The van der Waals surface area contributed by atoms with E-state index in [2.05, 4.69) is 17.1 Å². The Morgan fingerprint density at radius 3 is 2.67 bits per heavy atom. The molecule has 1 heterocycles. The largest absolute Gasteiger partial charge is 0.312 e. The minimum absolute atomic E-state index is 0.109. The van der Waals surface area contributed by atoms with Crippen molar-refractivity contribution in [2.24, 2.45) is 0 Å². The average Bonchev–Trinajstić information content (AvgIpc) is 2.50. The smallest absolute Gasteiger partial charge is 0.128 e. The van der Waals surface area contributed by atoms with E-state index in [4.69, 9.17) is 0 Å². The van der Waals surface area contributed by atoms with Crippen LogP contribution >= 0.6 is 0 Å². The van der Waals surface area contributed by atoms with E-state index >= 15 is 0 Å². The molecule has 0 spiro atoms. The predicted octanol–water partition coefficient (Wildman–Crippen LogP) is 3.29. The Hall–Kier alpha value is -1.71. The first kappa shape index (κ1) is 14.2. The van der Waals surface area contributed by atoms with Crippen LogP contribution in [-0.2, 0) is 6.54 Å². The Labute approximate surface area is 125 Å². The van der Waals surface area contributed by atoms with Gasteiger partial charge in [-0.15, -0.1) is 0 Å². The second-order valence-corrected chi connectivity index (χ2v) is 5.76. The Kier molecular flexibility index (Phi) is 4.32. The fraction of sp³-hybridized carbons (Fsp3) is 0.333. The van der Waals surface area contributed by atoms with Crippen molar-refractivity contribution < 1.29 is 4.39 Å². The molecule has 1 aliphatic heterocycles. The van der Waals surface area contributed by atoms with E-state index in [0.717, 1.165) is 36.3 Å². The number of nitrogens with zero attached hydrogens (tertiary/aromatic N) is 1. The molecule has 0 saturated carbocycles. The third-order valence-electron chi connectivity index (χ3n) is 4.01. The zero-order valence-corrected chi connectivity index (χ0v) is 12.3. The van der Waals surface area contributed by atoms with Crippen molar-refractivity contribution in [3.05, 3.63) is 59.9 Å². The van der Waals surface area contributed by atoms with E-state index in [1.807, 2.05) is 42.5 Å². The summed E-state index contributed by atoms with van der Waals surface area (Å²) >= 11 is 0. The van der Waals surface area contributed by atoms with Crippen molar-refractivity contribution >= 4 is 0 Å². The van der Waals surface area contributed by atoms with Gasteiger partial charge < -0.3 is 5.32 Å². The number of hydrogen-bond donors (Lipinski definition) is 1. The molecule has 2 nitrogen and oxygen atoms in total. The molecule has 1 atom stereocenters. The zero-order valence-electron chi connectivity index (χ0n) is 12.3. The maximum atomic E-state index is 14.3. The van der Waals surface area contributed by atoms with E-state index in [0.29, 0.717) is 12.6 Å². The molecule has 110 valence electrons. The molecule has 3 heteroatoms. The summed E-state index contributed by atoms with van der Waals surface area (Å²) in [6.45, 7) is 5.78. The van der Waals surface area contributed by atoms with E-state index < -0.39 is 0 Å². The van der Waals surface area contributed by atoms with Gasteiger partial charge in [0.2, 0.25) is 0 Å². The summed E-state index contributed by atoms with van der Waals surface area (Å²) in [5, 5.41) is 3.41. The van der Waals surface area contributed by atoms with Gasteiger partial charge in [-0.2, -0.15) is 0 Å². The van der Waals surface area contributed by atoms with Gasteiger partial charge in [-0.3, -0.25) is 4.90 Å². The highest BCUT2D eigenvalue weighted by atomic mass is 19.1. The van der Waals surface area contributed by atoms with Crippen LogP contribution in [0, 0.1) is 5.82 Å². The van der Waals surface area contributed by atoms with Crippen LogP contribution in [0.2, 0.25) is 0 Å². The van der Waals surface area contributed by atoms with Gasteiger partial charge in [0, 0.05) is 37.8 Å². The number of halogens is 1. The third-order valence-corrected chi connectivity index (χ3v) is 4.01. The number of nitrogens with one attached hydrogen (secondary N) is 1. The maximum Gasteiger partial charge on any atom is 0.128 e. The summed E-state index contributed by atoms with van der Waals surface area (Å²) < 4.78 is 14.3. The Balaban J connectivity index is 1.75. The predicted molar refractivity (Wildman–Crippen MR) is 84.6 cm³/mol. The van der Waals surface area contributed by atoms with E-state index in [1.54, 1.807) is 6.07 Å². The number of benzene rings is 2. The molecule has 2 aromatic carbocycles. The number of rotatable bonds is 3. The molecule has 1 aliphatic rings. The standard InChI is InChI=1S/C18H21FN2/c1-14-12-21(10-9-20-14)13-17-8-7-16(11-18(17)19)15-5-3-2-4-6-15/h2-8,11,14,20H,9-10,12-13H2,1H3/t14-/m1/s1. The van der Waals surface area contributed by atoms with Crippen molar-refractivity contribution in [3.8, 4) is 11.1 Å². The van der Waals surface area contributed by atoms with Gasteiger partial charge in [0.1, 0.15) is 5.82 Å². The van der Waals surface area contributed by atoms with Gasteiger partial charge >= 0.3 is 0 Å². The highest BCUT2D eigenvalue weighted by Crippen LogP contribution is 2.22. The number of piperazine rings is 1. The topological polar surface area (TPSA) is 15.3 Å². The van der Waals surface area contributed by atoms with Gasteiger partial charge in [0.15, 0.2) is 0 Å². The maximum absolute atomic E-state index is 14.3. The molecule has 21 heavy (non-hydrogen) atoms. The normalized spacial score (nSPS) is 19.6. The van der Waals surface area contributed by atoms with Crippen LogP contribution < -0.4 is 5.32 Å². The van der Waals surface area contributed by atoms with E-state index in [-0.39, 0.29) is 5.82 Å². The monoisotopic (exact) mass is 284 g/mol. The lowest BCUT2D eigenvalue weighted by Crippen LogP contribution is -2.48. The summed E-state index contributed by atoms with van der Waals surface area (Å²) in [6, 6.07) is 16.0. The van der Waals surface area contributed by atoms with Gasteiger partial charge in [-0.05, 0) is 24.1 Å². The summed E-state index contributed by atoms with van der Waals surface area (Å²) in [4.78, 5) is 2.31. The van der Waals surface area contributed by atoms with Crippen molar-refractivity contribution in [2.45, 2.75) is 19.5 Å². The van der Waals surface area contributed by atoms with Crippen LogP contribution in [0.5, 0.6) is 0 Å². The van der Waals surface area contributed by atoms with Crippen LogP contribution in [0.4, 0.5) is 4.39 Å². The zero-order chi connectivity index (χ0) is 14.7. The fourth-order valence-electron chi connectivity index (χ4n) is 2.88. The molecule has 1 fully saturated rings. The quantitative estimate of drug-likeness (QED) is 0.930. The molecule has 1 saturated heterocycles. The van der Waals surface area contributed by atoms with Crippen LogP contribution in [-0.4, -0.2) is 30.6 Å². The van der Waals surface area contributed by atoms with Gasteiger partial charge in [0.25, 0.3) is 0 Å². The van der Waals surface area contributed by atoms with Crippen LogP contribution in [0.3, 0.4) is 0 Å². The molecule has 2 aromatic rings. The molecule has 0 aliphatic carbocycles. The second kappa shape index (κ2) is 6.37. The van der Waals surface area contributed by atoms with Crippen LogP contribution in [0.1, 0.15) is 12.5 Å². The average molecular weight is 284 g/mol. The Bertz CT molecular complexity index is 597. The highest BCUT2D eigenvalue weighted by molar-refractivity contribution is 5.63. The Morgan fingerprint density at radius 1 is 1.14 bits per heavy atom. The molecule has 0 radical (unpaired) electrons. The molecule has 1 N–H and O–H groups in total. The minimum atomic E-state index is -0.109. The summed E-state index contributed by atoms with van der Waals surface area (Å²) in [5.41, 5.74) is 2.77. The summed E-state index contributed by atoms with van der Waals surface area (Å²) in [6.07, 6.45) is 0. The first-order chi connectivity index (χ1) is 10.2. The number of hydrogen-bond acceptors (Lipinski definition) is 2. The lowest BCUT2D eigenvalue weighted by atomic mass is 10.0. The fourth-order valence-corrected chi connectivity index (χ4v) is 2.88. The molecule has 3 rings (SSSR count). The van der Waals surface area contributed by atoms with Gasteiger partial charge in [0.05, 0.1) is 0 Å². The molecule has 0 unspecified atom stereocenters.